The van der Waals surface area contributed by atoms with Gasteiger partial charge < -0.3 is 11.1 Å². The fraction of sp³-hybridized carbons (Fsp3) is 0.0417. The van der Waals surface area contributed by atoms with Crippen molar-refractivity contribution < 1.29 is 9.18 Å². The molecule has 0 aliphatic rings. The van der Waals surface area contributed by atoms with E-state index in [1.54, 1.807) is 16.7 Å². The molecule has 0 saturated carbocycles. The lowest BCUT2D eigenvalue weighted by Gasteiger charge is -2.08. The molecule has 0 saturated heterocycles. The van der Waals surface area contributed by atoms with E-state index in [-0.39, 0.29) is 29.7 Å². The molecule has 3 N–H and O–H groups in total. The number of halogens is 1. The first-order chi connectivity index (χ1) is 15.1. The van der Waals surface area contributed by atoms with Crippen LogP contribution in [0.1, 0.15) is 15.9 Å². The zero-order valence-electron chi connectivity index (χ0n) is 16.4. The monoisotopic (exact) mass is 411 g/mol. The lowest BCUT2D eigenvalue weighted by atomic mass is 10.2. The Hall–Kier alpha value is -4.26. The molecular weight excluding hydrogens is 393 g/mol. The van der Waals surface area contributed by atoms with Crippen LogP contribution in [0.2, 0.25) is 0 Å². The first-order valence-corrected chi connectivity index (χ1v) is 9.76. The molecule has 31 heavy (non-hydrogen) atoms. The first kappa shape index (κ1) is 18.7. The largest absolute Gasteiger partial charge is 0.384 e. The molecule has 0 atom stereocenters. The molecule has 5 rings (SSSR count). The van der Waals surface area contributed by atoms with Crippen molar-refractivity contribution in [3.05, 3.63) is 95.8 Å². The van der Waals surface area contributed by atoms with Crippen LogP contribution in [-0.2, 0) is 6.54 Å². The minimum atomic E-state index is -0.369. The average molecular weight is 411 g/mol. The van der Waals surface area contributed by atoms with Crippen molar-refractivity contribution in [3.63, 3.8) is 0 Å². The number of benzene rings is 3. The van der Waals surface area contributed by atoms with Gasteiger partial charge in [0, 0.05) is 12.2 Å². The number of nitrogens with one attached hydrogen (secondary N) is 1. The number of hydrogen-bond acceptors (Lipinski definition) is 4. The molecule has 3 aromatic carbocycles. The van der Waals surface area contributed by atoms with Crippen LogP contribution in [0.5, 0.6) is 0 Å². The molecule has 2 aromatic heterocycles. The number of nitrogens with zero attached hydrogens (tertiary/aromatic N) is 3. The summed E-state index contributed by atoms with van der Waals surface area (Å²) in [4.78, 5) is 22.6. The highest BCUT2D eigenvalue weighted by molar-refractivity contribution is 6.11. The van der Waals surface area contributed by atoms with Gasteiger partial charge in [-0.15, -0.1) is 0 Å². The number of rotatable bonds is 4. The Morgan fingerprint density at radius 2 is 1.55 bits per heavy atom. The number of nitrogen functional groups attached to an aromatic ring is 1. The Morgan fingerprint density at radius 1 is 0.903 bits per heavy atom. The van der Waals surface area contributed by atoms with E-state index in [0.29, 0.717) is 22.2 Å². The van der Waals surface area contributed by atoms with Gasteiger partial charge in [-0.1, -0.05) is 42.5 Å². The van der Waals surface area contributed by atoms with Crippen LogP contribution in [0.3, 0.4) is 0 Å². The second-order valence-corrected chi connectivity index (χ2v) is 7.12. The molecule has 7 heteroatoms. The average Bonchev–Trinajstić information content (AvgIpc) is 3.08. The fourth-order valence-electron chi connectivity index (χ4n) is 3.60. The molecule has 0 aliphatic heterocycles. The van der Waals surface area contributed by atoms with Gasteiger partial charge in [-0.3, -0.25) is 9.36 Å². The Kier molecular flexibility index (Phi) is 4.55. The maximum Gasteiger partial charge on any atom is 0.257 e. The lowest BCUT2D eigenvalue weighted by Crippen LogP contribution is -2.24. The second-order valence-electron chi connectivity index (χ2n) is 7.12. The molecular formula is C24H18FN5O. The zero-order valence-corrected chi connectivity index (χ0v) is 16.4. The molecule has 0 spiro atoms. The number of hydrogen-bond donors (Lipinski definition) is 2. The second kappa shape index (κ2) is 7.53. The van der Waals surface area contributed by atoms with Gasteiger partial charge in [0.1, 0.15) is 22.7 Å². The normalized spacial score (nSPS) is 11.1. The summed E-state index contributed by atoms with van der Waals surface area (Å²) in [6.07, 6.45) is 0. The van der Waals surface area contributed by atoms with Crippen LogP contribution >= 0.6 is 0 Å². The Morgan fingerprint density at radius 3 is 2.26 bits per heavy atom. The van der Waals surface area contributed by atoms with E-state index in [4.69, 9.17) is 15.7 Å². The summed E-state index contributed by atoms with van der Waals surface area (Å²) in [6, 6.07) is 22.9. The van der Waals surface area contributed by atoms with Gasteiger partial charge in [0.05, 0.1) is 11.0 Å². The van der Waals surface area contributed by atoms with Crippen molar-refractivity contribution in [2.24, 2.45) is 0 Å². The summed E-state index contributed by atoms with van der Waals surface area (Å²) in [5, 5.41) is 2.86. The Balaban J connectivity index is 1.64. The fourth-order valence-corrected chi connectivity index (χ4v) is 3.60. The number of anilines is 1. The molecule has 0 fully saturated rings. The van der Waals surface area contributed by atoms with E-state index in [1.165, 1.54) is 12.1 Å². The van der Waals surface area contributed by atoms with E-state index in [0.717, 1.165) is 11.3 Å². The van der Waals surface area contributed by atoms with Crippen molar-refractivity contribution in [1.29, 1.82) is 0 Å². The molecule has 0 unspecified atom stereocenters. The van der Waals surface area contributed by atoms with Gasteiger partial charge in [0.2, 0.25) is 0 Å². The maximum atomic E-state index is 13.2. The molecule has 152 valence electrons. The van der Waals surface area contributed by atoms with Gasteiger partial charge in [-0.05, 0) is 42.0 Å². The van der Waals surface area contributed by atoms with Crippen LogP contribution in [-0.4, -0.2) is 20.4 Å². The third-order valence-electron chi connectivity index (χ3n) is 5.11. The Bertz CT molecular complexity index is 1410. The molecule has 0 radical (unpaired) electrons. The summed E-state index contributed by atoms with van der Waals surface area (Å²) >= 11 is 0. The number of para-hydroxylation sites is 3. The summed E-state index contributed by atoms with van der Waals surface area (Å²) < 4.78 is 14.9. The topological polar surface area (TPSA) is 85.8 Å². The maximum absolute atomic E-state index is 13.2. The van der Waals surface area contributed by atoms with Gasteiger partial charge in [0.25, 0.3) is 5.91 Å². The standard InChI is InChI=1S/C24H18FN5O/c25-16-12-10-15(11-13-16)14-27-24(31)20-21-23(29-19-9-5-4-8-18(19)28-21)30(22(20)26)17-6-2-1-3-7-17/h1-13H,14,26H2,(H,27,31). The highest BCUT2D eigenvalue weighted by atomic mass is 19.1. The minimum absolute atomic E-state index is 0.234. The van der Waals surface area contributed by atoms with Gasteiger partial charge >= 0.3 is 0 Å². The lowest BCUT2D eigenvalue weighted by molar-refractivity contribution is 0.0953. The molecule has 5 aromatic rings. The van der Waals surface area contributed by atoms with Crippen molar-refractivity contribution in [2.45, 2.75) is 6.54 Å². The van der Waals surface area contributed by atoms with Crippen LogP contribution in [0.15, 0.2) is 78.9 Å². The number of aromatic nitrogens is 3. The smallest absolute Gasteiger partial charge is 0.257 e. The predicted molar refractivity (Wildman–Crippen MR) is 118 cm³/mol. The number of nitrogens with two attached hydrogens (primary N) is 1. The van der Waals surface area contributed by atoms with Crippen LogP contribution in [0.4, 0.5) is 10.2 Å². The van der Waals surface area contributed by atoms with E-state index in [9.17, 15) is 9.18 Å². The Labute approximate surface area is 177 Å². The summed E-state index contributed by atoms with van der Waals surface area (Å²) in [6.45, 7) is 0.234. The number of carbonyl (C=O) groups is 1. The van der Waals surface area contributed by atoms with Crippen molar-refractivity contribution in [1.82, 2.24) is 19.9 Å². The predicted octanol–water partition coefficient (Wildman–Crippen LogP) is 4.23. The highest BCUT2D eigenvalue weighted by Gasteiger charge is 2.24. The van der Waals surface area contributed by atoms with Crippen molar-refractivity contribution in [3.8, 4) is 5.69 Å². The summed E-state index contributed by atoms with van der Waals surface area (Å²) in [5.41, 5.74) is 10.6. The third kappa shape index (κ3) is 3.36. The SMILES string of the molecule is Nc1c(C(=O)NCc2ccc(F)cc2)c2nc3ccccc3nc2n1-c1ccccc1. The minimum Gasteiger partial charge on any atom is -0.384 e. The van der Waals surface area contributed by atoms with Gasteiger partial charge in [-0.25, -0.2) is 14.4 Å². The number of fused-ring (bicyclic) bond motifs is 2. The molecule has 6 nitrogen and oxygen atoms in total. The van der Waals surface area contributed by atoms with Crippen molar-refractivity contribution >= 4 is 33.9 Å². The van der Waals surface area contributed by atoms with E-state index >= 15 is 0 Å². The summed E-state index contributed by atoms with van der Waals surface area (Å²) in [7, 11) is 0. The third-order valence-corrected chi connectivity index (χ3v) is 5.11. The molecule has 0 bridgehead atoms. The molecule has 1 amide bonds. The number of carbonyl (C=O) groups excluding carboxylic acids is 1. The quantitative estimate of drug-likeness (QED) is 0.464. The summed E-state index contributed by atoms with van der Waals surface area (Å²) in [5.74, 6) is -0.438. The zero-order chi connectivity index (χ0) is 21.4. The van der Waals surface area contributed by atoms with Gasteiger partial charge in [-0.2, -0.15) is 0 Å². The van der Waals surface area contributed by atoms with E-state index in [2.05, 4.69) is 5.32 Å². The van der Waals surface area contributed by atoms with Crippen LogP contribution < -0.4 is 11.1 Å². The van der Waals surface area contributed by atoms with E-state index < -0.39 is 0 Å². The number of amides is 1. The van der Waals surface area contributed by atoms with Crippen LogP contribution in [0.25, 0.3) is 27.9 Å². The van der Waals surface area contributed by atoms with E-state index in [1.807, 2.05) is 54.6 Å². The first-order valence-electron chi connectivity index (χ1n) is 9.76. The molecule has 2 heterocycles. The van der Waals surface area contributed by atoms with Gasteiger partial charge in [0.15, 0.2) is 5.65 Å². The van der Waals surface area contributed by atoms with Crippen molar-refractivity contribution in [2.75, 3.05) is 5.73 Å². The highest BCUT2D eigenvalue weighted by Crippen LogP contribution is 2.30. The molecule has 0 aliphatic carbocycles. The van der Waals surface area contributed by atoms with Crippen LogP contribution in [0, 0.1) is 5.82 Å².